The van der Waals surface area contributed by atoms with E-state index < -0.39 is 16.1 Å². The second kappa shape index (κ2) is 8.86. The molecule has 2 aromatic carbocycles. The van der Waals surface area contributed by atoms with Gasteiger partial charge in [-0.15, -0.1) is 0 Å². The number of amides is 1. The number of aryl methyl sites for hydroxylation is 2. The lowest BCUT2D eigenvalue weighted by molar-refractivity contribution is -0.132. The fraction of sp³-hybridized carbons (Fsp3) is 0.409. The molecule has 0 unspecified atom stereocenters. The molecule has 1 aliphatic rings. The number of benzene rings is 2. The zero-order chi connectivity index (χ0) is 22.1. The minimum atomic E-state index is -3.62. The van der Waals surface area contributed by atoms with Crippen molar-refractivity contribution in [2.75, 3.05) is 41.6 Å². The molecule has 1 saturated heterocycles. The summed E-state index contributed by atoms with van der Waals surface area (Å²) in [5.74, 6) is -0.191. The van der Waals surface area contributed by atoms with Gasteiger partial charge in [0.25, 0.3) is 0 Å². The molecule has 30 heavy (non-hydrogen) atoms. The molecule has 0 radical (unpaired) electrons. The van der Waals surface area contributed by atoms with Crippen molar-refractivity contribution in [2.45, 2.75) is 26.8 Å². The van der Waals surface area contributed by atoms with Gasteiger partial charge < -0.3 is 9.80 Å². The number of hydrogen-bond acceptors (Lipinski definition) is 4. The number of sulfonamides is 1. The van der Waals surface area contributed by atoms with Gasteiger partial charge in [-0.3, -0.25) is 9.10 Å². The Kier molecular flexibility index (Phi) is 6.62. The van der Waals surface area contributed by atoms with Crippen molar-refractivity contribution in [2.24, 2.45) is 0 Å². The maximum atomic E-state index is 13.2. The molecule has 2 aromatic rings. The molecule has 0 N–H and O–H groups in total. The third kappa shape index (κ3) is 4.90. The van der Waals surface area contributed by atoms with Crippen LogP contribution in [0.4, 0.5) is 11.4 Å². The zero-order valence-electron chi connectivity index (χ0n) is 17.8. The summed E-state index contributed by atoms with van der Waals surface area (Å²) in [7, 11) is -3.62. The van der Waals surface area contributed by atoms with Gasteiger partial charge >= 0.3 is 0 Å². The number of piperazine rings is 1. The van der Waals surface area contributed by atoms with Crippen LogP contribution in [0.3, 0.4) is 0 Å². The van der Waals surface area contributed by atoms with Crippen molar-refractivity contribution >= 4 is 38.9 Å². The molecule has 6 nitrogen and oxygen atoms in total. The predicted molar refractivity (Wildman–Crippen MR) is 123 cm³/mol. The Labute approximate surface area is 184 Å². The van der Waals surface area contributed by atoms with E-state index in [4.69, 9.17) is 11.6 Å². The van der Waals surface area contributed by atoms with Gasteiger partial charge in [-0.2, -0.15) is 0 Å². The lowest BCUT2D eigenvalue weighted by Gasteiger charge is -2.39. The van der Waals surface area contributed by atoms with Crippen LogP contribution in [0.1, 0.15) is 18.1 Å². The maximum Gasteiger partial charge on any atom is 0.246 e. The van der Waals surface area contributed by atoms with E-state index in [0.29, 0.717) is 36.9 Å². The Hall–Kier alpha value is -2.25. The van der Waals surface area contributed by atoms with Gasteiger partial charge in [0.1, 0.15) is 6.04 Å². The fourth-order valence-electron chi connectivity index (χ4n) is 3.85. The molecule has 8 heteroatoms. The molecule has 0 bridgehead atoms. The minimum Gasteiger partial charge on any atom is -0.368 e. The lowest BCUT2D eigenvalue weighted by Crippen LogP contribution is -2.55. The van der Waals surface area contributed by atoms with Gasteiger partial charge in [0, 0.05) is 36.9 Å². The molecule has 1 heterocycles. The highest BCUT2D eigenvalue weighted by Gasteiger charge is 2.33. The van der Waals surface area contributed by atoms with Crippen LogP contribution in [-0.2, 0) is 14.8 Å². The summed E-state index contributed by atoms with van der Waals surface area (Å²) in [6, 6.07) is 12.1. The van der Waals surface area contributed by atoms with Crippen molar-refractivity contribution in [3.63, 3.8) is 0 Å². The van der Waals surface area contributed by atoms with E-state index in [1.54, 1.807) is 24.0 Å². The van der Waals surface area contributed by atoms with Crippen molar-refractivity contribution < 1.29 is 13.2 Å². The number of halogens is 1. The number of hydrogen-bond donors (Lipinski definition) is 0. The van der Waals surface area contributed by atoms with Crippen LogP contribution in [0.2, 0.25) is 5.02 Å². The van der Waals surface area contributed by atoms with Crippen molar-refractivity contribution in [3.05, 3.63) is 58.6 Å². The molecule has 0 aliphatic carbocycles. The first-order valence-corrected chi connectivity index (χ1v) is 12.2. The van der Waals surface area contributed by atoms with Crippen LogP contribution in [0.25, 0.3) is 0 Å². The Balaban J connectivity index is 1.74. The predicted octanol–water partition coefficient (Wildman–Crippen LogP) is 3.46. The number of rotatable bonds is 5. The van der Waals surface area contributed by atoms with E-state index in [1.165, 1.54) is 4.31 Å². The SMILES string of the molecule is Cc1ccc(N([C@H](C)C(=O)N2CCN(c3cc(Cl)ccc3C)CC2)S(C)(=O)=O)cc1. The summed E-state index contributed by atoms with van der Waals surface area (Å²) >= 11 is 6.15. The zero-order valence-corrected chi connectivity index (χ0v) is 19.4. The summed E-state index contributed by atoms with van der Waals surface area (Å²) in [4.78, 5) is 17.1. The normalized spacial score (nSPS) is 15.8. The number of carbonyl (C=O) groups excluding carboxylic acids is 1. The first kappa shape index (κ1) is 22.4. The second-order valence-corrected chi connectivity index (χ2v) is 10.1. The van der Waals surface area contributed by atoms with Crippen molar-refractivity contribution in [3.8, 4) is 0 Å². The van der Waals surface area contributed by atoms with Gasteiger partial charge in [-0.05, 0) is 50.6 Å². The number of nitrogens with zero attached hydrogens (tertiary/aromatic N) is 3. The largest absolute Gasteiger partial charge is 0.368 e. The van der Waals surface area contributed by atoms with E-state index in [0.717, 1.165) is 23.1 Å². The Morgan fingerprint density at radius 2 is 1.63 bits per heavy atom. The third-order valence-corrected chi connectivity index (χ3v) is 6.93. The standard InChI is InChI=1S/C22H28ClN3O3S/c1-16-5-9-20(10-6-16)26(30(4,28)29)18(3)22(27)25-13-11-24(12-14-25)21-15-19(23)8-7-17(21)2/h5-10,15,18H,11-14H2,1-4H3/t18-/m1/s1. The topological polar surface area (TPSA) is 60.9 Å². The van der Waals surface area contributed by atoms with E-state index in [-0.39, 0.29) is 5.91 Å². The molecular weight excluding hydrogens is 422 g/mol. The van der Waals surface area contributed by atoms with Crippen LogP contribution in [0, 0.1) is 13.8 Å². The molecule has 162 valence electrons. The smallest absolute Gasteiger partial charge is 0.246 e. The Morgan fingerprint density at radius 1 is 1.03 bits per heavy atom. The molecule has 0 aromatic heterocycles. The second-order valence-electron chi connectivity index (χ2n) is 7.81. The lowest BCUT2D eigenvalue weighted by atomic mass is 10.1. The molecule has 1 atom stereocenters. The summed E-state index contributed by atoms with van der Waals surface area (Å²) in [5.41, 5.74) is 3.73. The van der Waals surface area contributed by atoms with Crippen LogP contribution >= 0.6 is 11.6 Å². The molecule has 1 aliphatic heterocycles. The van der Waals surface area contributed by atoms with Crippen LogP contribution in [0.5, 0.6) is 0 Å². The number of carbonyl (C=O) groups is 1. The Bertz CT molecular complexity index is 1020. The molecule has 1 fully saturated rings. The summed E-state index contributed by atoms with van der Waals surface area (Å²) in [5, 5.41) is 0.685. The monoisotopic (exact) mass is 449 g/mol. The Morgan fingerprint density at radius 3 is 2.20 bits per heavy atom. The quantitative estimate of drug-likeness (QED) is 0.701. The van der Waals surface area contributed by atoms with Crippen molar-refractivity contribution in [1.29, 1.82) is 0 Å². The number of anilines is 2. The molecule has 0 saturated carbocycles. The summed E-state index contributed by atoms with van der Waals surface area (Å²) in [6.45, 7) is 8.02. The van der Waals surface area contributed by atoms with Gasteiger partial charge in [0.2, 0.25) is 15.9 Å². The van der Waals surface area contributed by atoms with Gasteiger partial charge in [-0.25, -0.2) is 8.42 Å². The summed E-state index contributed by atoms with van der Waals surface area (Å²) < 4.78 is 26.2. The first-order valence-electron chi connectivity index (χ1n) is 9.94. The highest BCUT2D eigenvalue weighted by molar-refractivity contribution is 7.92. The van der Waals surface area contributed by atoms with Gasteiger partial charge in [0.15, 0.2) is 0 Å². The van der Waals surface area contributed by atoms with Crippen LogP contribution in [-0.4, -0.2) is 57.7 Å². The summed E-state index contributed by atoms with van der Waals surface area (Å²) in [6.07, 6.45) is 1.14. The first-order chi connectivity index (χ1) is 14.1. The van der Waals surface area contributed by atoms with Crippen LogP contribution in [0.15, 0.2) is 42.5 Å². The highest BCUT2D eigenvalue weighted by Crippen LogP contribution is 2.26. The molecule has 3 rings (SSSR count). The van der Waals surface area contributed by atoms with Crippen molar-refractivity contribution in [1.82, 2.24) is 4.90 Å². The van der Waals surface area contributed by atoms with E-state index in [9.17, 15) is 13.2 Å². The molecule has 0 spiro atoms. The van der Waals surface area contributed by atoms with Gasteiger partial charge in [-0.1, -0.05) is 35.4 Å². The average Bonchev–Trinajstić information content (AvgIpc) is 2.70. The average molecular weight is 450 g/mol. The van der Waals surface area contributed by atoms with E-state index in [2.05, 4.69) is 4.90 Å². The van der Waals surface area contributed by atoms with E-state index >= 15 is 0 Å². The van der Waals surface area contributed by atoms with E-state index in [1.807, 2.05) is 44.2 Å². The van der Waals surface area contributed by atoms with Gasteiger partial charge in [0.05, 0.1) is 11.9 Å². The maximum absolute atomic E-state index is 13.2. The van der Waals surface area contributed by atoms with Crippen LogP contribution < -0.4 is 9.21 Å². The minimum absolute atomic E-state index is 0.191. The highest BCUT2D eigenvalue weighted by atomic mass is 35.5. The molecule has 1 amide bonds. The fourth-order valence-corrected chi connectivity index (χ4v) is 5.19. The third-order valence-electron chi connectivity index (χ3n) is 5.46. The molecular formula is C22H28ClN3O3S.